The Hall–Kier alpha value is -1.51. The molecule has 18 heavy (non-hydrogen) atoms. The monoisotopic (exact) mass is 250 g/mol. The van der Waals surface area contributed by atoms with Gasteiger partial charge in [-0.1, -0.05) is 44.7 Å². The molecule has 0 bridgehead atoms. The average molecular weight is 250 g/mol. The van der Waals surface area contributed by atoms with E-state index >= 15 is 0 Å². The first-order chi connectivity index (χ1) is 8.65. The number of hydrogen-bond donors (Lipinski definition) is 1. The molecule has 1 N–H and O–H groups in total. The summed E-state index contributed by atoms with van der Waals surface area (Å²) in [6.07, 6.45) is 5.90. The molecule has 1 aromatic carbocycles. The summed E-state index contributed by atoms with van der Waals surface area (Å²) < 4.78 is 5.19. The third-order valence-corrected chi connectivity index (χ3v) is 2.89. The summed E-state index contributed by atoms with van der Waals surface area (Å²) in [6.45, 7) is 3.97. The summed E-state index contributed by atoms with van der Waals surface area (Å²) in [7, 11) is 0. The number of para-hydroxylation sites is 1. The van der Waals surface area contributed by atoms with E-state index in [1.807, 2.05) is 13.0 Å². The largest absolute Gasteiger partial charge is 0.504 e. The van der Waals surface area contributed by atoms with Crippen LogP contribution in [0, 0.1) is 6.92 Å². The van der Waals surface area contributed by atoms with Crippen LogP contribution in [-0.2, 0) is 4.79 Å². The van der Waals surface area contributed by atoms with Crippen LogP contribution in [0.1, 0.15) is 51.0 Å². The molecule has 0 unspecified atom stereocenters. The lowest BCUT2D eigenvalue weighted by molar-refractivity contribution is -0.134. The minimum absolute atomic E-state index is 0.0225. The molecule has 0 saturated heterocycles. The predicted molar refractivity (Wildman–Crippen MR) is 71.9 cm³/mol. The molecule has 1 aromatic rings. The lowest BCUT2D eigenvalue weighted by atomic mass is 10.1. The van der Waals surface area contributed by atoms with Crippen LogP contribution < -0.4 is 4.74 Å². The molecular formula is C15H22O3. The minimum Gasteiger partial charge on any atom is -0.504 e. The second kappa shape index (κ2) is 7.75. The highest BCUT2D eigenvalue weighted by atomic mass is 16.5. The van der Waals surface area contributed by atoms with Crippen molar-refractivity contribution >= 4 is 5.97 Å². The number of phenolic OH excluding ortho intramolecular Hbond substituents is 1. The molecule has 0 aliphatic rings. The Kier molecular flexibility index (Phi) is 6.26. The number of carbonyl (C=O) groups excluding carboxylic acids is 1. The number of phenols is 1. The number of benzene rings is 1. The highest BCUT2D eigenvalue weighted by Gasteiger charge is 2.10. The zero-order chi connectivity index (χ0) is 13.4. The van der Waals surface area contributed by atoms with Gasteiger partial charge in [-0.15, -0.1) is 0 Å². The van der Waals surface area contributed by atoms with Crippen molar-refractivity contribution in [1.29, 1.82) is 0 Å². The molecule has 1 rings (SSSR count). The second-order valence-corrected chi connectivity index (χ2v) is 4.56. The Bertz CT molecular complexity index is 365. The fourth-order valence-corrected chi connectivity index (χ4v) is 1.81. The van der Waals surface area contributed by atoms with Crippen molar-refractivity contribution in [1.82, 2.24) is 0 Å². The van der Waals surface area contributed by atoms with Gasteiger partial charge in [0.1, 0.15) is 0 Å². The molecule has 0 fully saturated rings. The maximum Gasteiger partial charge on any atom is 0.311 e. The van der Waals surface area contributed by atoms with Gasteiger partial charge in [0.05, 0.1) is 0 Å². The van der Waals surface area contributed by atoms with Crippen molar-refractivity contribution < 1.29 is 14.6 Å². The van der Waals surface area contributed by atoms with Crippen LogP contribution in [0.4, 0.5) is 0 Å². The number of carbonyl (C=O) groups is 1. The molecule has 0 spiro atoms. The Balaban J connectivity index is 2.36. The quantitative estimate of drug-likeness (QED) is 0.452. The van der Waals surface area contributed by atoms with Gasteiger partial charge in [0, 0.05) is 6.42 Å². The first kappa shape index (κ1) is 14.6. The van der Waals surface area contributed by atoms with Crippen LogP contribution in [0.3, 0.4) is 0 Å². The smallest absolute Gasteiger partial charge is 0.311 e. The van der Waals surface area contributed by atoms with E-state index < -0.39 is 0 Å². The molecule has 0 amide bonds. The first-order valence-electron chi connectivity index (χ1n) is 6.64. The van der Waals surface area contributed by atoms with E-state index in [0.717, 1.165) is 18.4 Å². The Labute approximate surface area is 109 Å². The normalized spacial score (nSPS) is 10.3. The van der Waals surface area contributed by atoms with Gasteiger partial charge in [0.25, 0.3) is 0 Å². The van der Waals surface area contributed by atoms with Crippen LogP contribution in [-0.4, -0.2) is 11.1 Å². The van der Waals surface area contributed by atoms with Crippen LogP contribution in [0.15, 0.2) is 18.2 Å². The zero-order valence-corrected chi connectivity index (χ0v) is 11.2. The lowest BCUT2D eigenvalue weighted by Crippen LogP contribution is -2.08. The Morgan fingerprint density at radius 1 is 1.22 bits per heavy atom. The summed E-state index contributed by atoms with van der Waals surface area (Å²) in [5, 5.41) is 9.60. The molecule has 0 saturated carbocycles. The van der Waals surface area contributed by atoms with Crippen molar-refractivity contribution in [3.63, 3.8) is 0 Å². The maximum atomic E-state index is 11.6. The average Bonchev–Trinajstić information content (AvgIpc) is 2.34. The molecule has 0 aliphatic heterocycles. The maximum absolute atomic E-state index is 11.6. The van der Waals surface area contributed by atoms with Crippen LogP contribution >= 0.6 is 0 Å². The summed E-state index contributed by atoms with van der Waals surface area (Å²) in [5.41, 5.74) is 0.773. The number of hydrogen-bond acceptors (Lipinski definition) is 3. The molecule has 100 valence electrons. The van der Waals surface area contributed by atoms with Crippen molar-refractivity contribution in [3.8, 4) is 11.5 Å². The van der Waals surface area contributed by atoms with Crippen LogP contribution in [0.5, 0.6) is 11.5 Å². The van der Waals surface area contributed by atoms with Crippen LogP contribution in [0.2, 0.25) is 0 Å². The SMILES string of the molecule is CCCCCCCC(=O)Oc1c(C)cccc1O. The Morgan fingerprint density at radius 3 is 2.61 bits per heavy atom. The number of esters is 1. The van der Waals surface area contributed by atoms with Crippen molar-refractivity contribution in [2.45, 2.75) is 52.4 Å². The third kappa shape index (κ3) is 4.78. The van der Waals surface area contributed by atoms with Gasteiger partial charge in [0.15, 0.2) is 11.5 Å². The second-order valence-electron chi connectivity index (χ2n) is 4.56. The van der Waals surface area contributed by atoms with Crippen molar-refractivity contribution in [2.75, 3.05) is 0 Å². The molecule has 0 heterocycles. The molecular weight excluding hydrogens is 228 g/mol. The fourth-order valence-electron chi connectivity index (χ4n) is 1.81. The van der Waals surface area contributed by atoms with Crippen molar-refractivity contribution in [3.05, 3.63) is 23.8 Å². The molecule has 3 heteroatoms. The van der Waals surface area contributed by atoms with Gasteiger partial charge in [-0.05, 0) is 25.0 Å². The van der Waals surface area contributed by atoms with E-state index in [-0.39, 0.29) is 17.5 Å². The molecule has 0 aromatic heterocycles. The highest BCUT2D eigenvalue weighted by molar-refractivity contribution is 5.73. The number of unbranched alkanes of at least 4 members (excludes halogenated alkanes) is 4. The van der Waals surface area contributed by atoms with Gasteiger partial charge in [0.2, 0.25) is 0 Å². The van der Waals surface area contributed by atoms with Gasteiger partial charge in [-0.3, -0.25) is 4.79 Å². The number of aryl methyl sites for hydroxylation is 1. The number of rotatable bonds is 7. The van der Waals surface area contributed by atoms with Gasteiger partial charge >= 0.3 is 5.97 Å². The minimum atomic E-state index is -0.268. The van der Waals surface area contributed by atoms with E-state index in [0.29, 0.717) is 6.42 Å². The first-order valence-corrected chi connectivity index (χ1v) is 6.64. The standard InChI is InChI=1S/C15H22O3/c1-3-4-5-6-7-11-14(17)18-15-12(2)9-8-10-13(15)16/h8-10,16H,3-7,11H2,1-2H3. The highest BCUT2D eigenvalue weighted by Crippen LogP contribution is 2.29. The molecule has 0 radical (unpaired) electrons. The lowest BCUT2D eigenvalue weighted by Gasteiger charge is -2.08. The van der Waals surface area contributed by atoms with Crippen LogP contribution in [0.25, 0.3) is 0 Å². The molecule has 0 aliphatic carbocycles. The topological polar surface area (TPSA) is 46.5 Å². The summed E-state index contributed by atoms with van der Waals surface area (Å²) in [5.74, 6) is 0.0430. The van der Waals surface area contributed by atoms with Crippen molar-refractivity contribution in [2.24, 2.45) is 0 Å². The van der Waals surface area contributed by atoms with E-state index in [4.69, 9.17) is 4.74 Å². The molecule has 3 nitrogen and oxygen atoms in total. The molecule has 0 atom stereocenters. The summed E-state index contributed by atoms with van der Waals surface area (Å²) >= 11 is 0. The fraction of sp³-hybridized carbons (Fsp3) is 0.533. The third-order valence-electron chi connectivity index (χ3n) is 2.89. The van der Waals surface area contributed by atoms with E-state index in [9.17, 15) is 9.90 Å². The van der Waals surface area contributed by atoms with Gasteiger partial charge < -0.3 is 9.84 Å². The van der Waals surface area contributed by atoms with E-state index in [1.165, 1.54) is 25.3 Å². The number of aromatic hydroxyl groups is 1. The van der Waals surface area contributed by atoms with E-state index in [1.54, 1.807) is 6.07 Å². The Morgan fingerprint density at radius 2 is 1.94 bits per heavy atom. The zero-order valence-electron chi connectivity index (χ0n) is 11.2. The van der Waals surface area contributed by atoms with Gasteiger partial charge in [-0.25, -0.2) is 0 Å². The number of ether oxygens (including phenoxy) is 1. The predicted octanol–water partition coefficient (Wildman–Crippen LogP) is 3.97. The summed E-state index contributed by atoms with van der Waals surface area (Å²) in [6, 6.07) is 5.06. The summed E-state index contributed by atoms with van der Waals surface area (Å²) in [4.78, 5) is 11.6. The van der Waals surface area contributed by atoms with E-state index in [2.05, 4.69) is 6.92 Å². The van der Waals surface area contributed by atoms with Gasteiger partial charge in [-0.2, -0.15) is 0 Å².